The summed E-state index contributed by atoms with van der Waals surface area (Å²) in [5, 5.41) is 12.1. The molecule has 0 spiro atoms. The Kier molecular flexibility index (Phi) is 5.55. The molecule has 3 aromatic rings. The highest BCUT2D eigenvalue weighted by Gasteiger charge is 2.20. The summed E-state index contributed by atoms with van der Waals surface area (Å²) in [6.07, 6.45) is 1.19. The molecule has 27 heavy (non-hydrogen) atoms. The highest BCUT2D eigenvalue weighted by atomic mass is 32.2. The number of hydrogen-bond acceptors (Lipinski definition) is 5. The quantitative estimate of drug-likeness (QED) is 0.629. The Balaban J connectivity index is 1.73. The number of nitrogens with one attached hydrogen (secondary N) is 1. The largest absolute Gasteiger partial charge is 0.457 e. The van der Waals surface area contributed by atoms with Crippen molar-refractivity contribution in [1.29, 1.82) is 5.26 Å². The number of nitriles is 1. The molecule has 0 fully saturated rings. The lowest BCUT2D eigenvalue weighted by atomic mass is 10.3. The second-order valence-electron chi connectivity index (χ2n) is 5.52. The fraction of sp³-hybridized carbons (Fsp3) is 0. The van der Waals surface area contributed by atoms with Gasteiger partial charge in [-0.1, -0.05) is 36.4 Å². The SMILES string of the molecule is N#CC(=CNc1ccc(Oc2ccccc2)cc1)S(=O)(=O)c1ccccc1. The van der Waals surface area contributed by atoms with E-state index in [0.29, 0.717) is 11.4 Å². The molecule has 0 bridgehead atoms. The van der Waals surface area contributed by atoms with Gasteiger partial charge in [0.25, 0.3) is 0 Å². The molecule has 3 aromatic carbocycles. The normalized spacial score (nSPS) is 11.4. The molecule has 5 nitrogen and oxygen atoms in total. The number of rotatable bonds is 6. The van der Waals surface area contributed by atoms with Crippen LogP contribution in [0.15, 0.2) is 101 Å². The highest BCUT2D eigenvalue weighted by Crippen LogP contribution is 2.23. The van der Waals surface area contributed by atoms with Gasteiger partial charge >= 0.3 is 0 Å². The van der Waals surface area contributed by atoms with E-state index in [9.17, 15) is 13.7 Å². The van der Waals surface area contributed by atoms with Crippen molar-refractivity contribution in [3.8, 4) is 17.6 Å². The molecule has 0 unspecified atom stereocenters. The van der Waals surface area contributed by atoms with Gasteiger partial charge in [-0.15, -0.1) is 0 Å². The molecular weight excluding hydrogens is 360 g/mol. The Morgan fingerprint density at radius 1 is 0.852 bits per heavy atom. The number of sulfone groups is 1. The monoisotopic (exact) mass is 376 g/mol. The molecule has 1 N–H and O–H groups in total. The van der Waals surface area contributed by atoms with Crippen molar-refractivity contribution in [3.63, 3.8) is 0 Å². The number of para-hydroxylation sites is 1. The first-order valence-electron chi connectivity index (χ1n) is 8.09. The first-order chi connectivity index (χ1) is 13.1. The third-order valence-electron chi connectivity index (χ3n) is 3.66. The average molecular weight is 376 g/mol. The van der Waals surface area contributed by atoms with Gasteiger partial charge in [0.2, 0.25) is 9.84 Å². The summed E-state index contributed by atoms with van der Waals surface area (Å²) in [5.41, 5.74) is 0.631. The van der Waals surface area contributed by atoms with Crippen molar-refractivity contribution in [2.75, 3.05) is 5.32 Å². The fourth-order valence-corrected chi connectivity index (χ4v) is 3.39. The molecule has 0 aliphatic rings. The highest BCUT2D eigenvalue weighted by molar-refractivity contribution is 7.95. The van der Waals surface area contributed by atoms with E-state index in [0.717, 1.165) is 5.75 Å². The van der Waals surface area contributed by atoms with Crippen LogP contribution in [0.5, 0.6) is 11.5 Å². The average Bonchev–Trinajstić information content (AvgIpc) is 2.71. The van der Waals surface area contributed by atoms with Crippen LogP contribution < -0.4 is 10.1 Å². The summed E-state index contributed by atoms with van der Waals surface area (Å²) in [5.74, 6) is 1.37. The van der Waals surface area contributed by atoms with Gasteiger partial charge in [-0.25, -0.2) is 8.42 Å². The second-order valence-corrected chi connectivity index (χ2v) is 7.44. The molecule has 0 saturated carbocycles. The Morgan fingerprint density at radius 3 is 2.00 bits per heavy atom. The van der Waals surface area contributed by atoms with E-state index in [4.69, 9.17) is 4.74 Å². The number of benzene rings is 3. The Labute approximate surface area is 158 Å². The molecule has 0 amide bonds. The molecule has 0 atom stereocenters. The van der Waals surface area contributed by atoms with Crippen LogP contribution in [0.1, 0.15) is 0 Å². The molecule has 0 aromatic heterocycles. The minimum Gasteiger partial charge on any atom is -0.457 e. The van der Waals surface area contributed by atoms with Gasteiger partial charge in [0, 0.05) is 11.9 Å². The van der Waals surface area contributed by atoms with Crippen LogP contribution in [0, 0.1) is 11.3 Å². The maximum Gasteiger partial charge on any atom is 0.218 e. The van der Waals surface area contributed by atoms with Gasteiger partial charge in [0.15, 0.2) is 4.91 Å². The molecule has 6 heteroatoms. The predicted molar refractivity (Wildman–Crippen MR) is 104 cm³/mol. The van der Waals surface area contributed by atoms with Crippen LogP contribution >= 0.6 is 0 Å². The number of nitrogens with zero attached hydrogens (tertiary/aromatic N) is 1. The van der Waals surface area contributed by atoms with Crippen molar-refractivity contribution >= 4 is 15.5 Å². The number of allylic oxidation sites excluding steroid dienone is 1. The topological polar surface area (TPSA) is 79.2 Å². The van der Waals surface area contributed by atoms with Crippen molar-refractivity contribution in [3.05, 3.63) is 96.0 Å². The summed E-state index contributed by atoms with van der Waals surface area (Å²) in [4.78, 5) is -0.287. The van der Waals surface area contributed by atoms with Gasteiger partial charge in [-0.05, 0) is 48.5 Å². The molecule has 3 rings (SSSR count). The van der Waals surface area contributed by atoms with Crippen molar-refractivity contribution in [2.24, 2.45) is 0 Å². The van der Waals surface area contributed by atoms with Gasteiger partial charge in [0.05, 0.1) is 4.90 Å². The Morgan fingerprint density at radius 2 is 1.41 bits per heavy atom. The van der Waals surface area contributed by atoms with E-state index >= 15 is 0 Å². The van der Waals surface area contributed by atoms with E-state index in [1.165, 1.54) is 18.3 Å². The summed E-state index contributed by atoms with van der Waals surface area (Å²) in [6.45, 7) is 0. The number of hydrogen-bond donors (Lipinski definition) is 1. The Bertz CT molecular complexity index is 1070. The zero-order valence-electron chi connectivity index (χ0n) is 14.2. The first kappa shape index (κ1) is 18.2. The third kappa shape index (κ3) is 4.54. The number of anilines is 1. The second kappa shape index (κ2) is 8.21. The third-order valence-corrected chi connectivity index (χ3v) is 5.34. The van der Waals surface area contributed by atoms with Gasteiger partial charge < -0.3 is 10.1 Å². The summed E-state index contributed by atoms with van der Waals surface area (Å²) in [6, 6.07) is 25.9. The maximum absolute atomic E-state index is 12.5. The molecule has 0 saturated heterocycles. The Hall–Kier alpha value is -3.56. The molecule has 0 aliphatic heterocycles. The zero-order chi connectivity index (χ0) is 19.1. The van der Waals surface area contributed by atoms with Crippen molar-refractivity contribution < 1.29 is 13.2 Å². The molecule has 0 radical (unpaired) electrons. The zero-order valence-corrected chi connectivity index (χ0v) is 15.1. The van der Waals surface area contributed by atoms with Crippen molar-refractivity contribution in [2.45, 2.75) is 4.90 Å². The molecule has 134 valence electrons. The van der Waals surface area contributed by atoms with Gasteiger partial charge in [-0.3, -0.25) is 0 Å². The standard InChI is InChI=1S/C21H16N2O3S/c22-15-21(27(24,25)20-9-5-2-6-10-20)16-23-17-11-13-19(14-12-17)26-18-7-3-1-4-8-18/h1-14,16,23H. The molecule has 0 heterocycles. The van der Waals surface area contributed by atoms with E-state index in [1.807, 2.05) is 30.3 Å². The molecule has 0 aliphatic carbocycles. The lowest BCUT2D eigenvalue weighted by Crippen LogP contribution is -2.05. The van der Waals surface area contributed by atoms with Crippen LogP contribution in [-0.2, 0) is 9.84 Å². The van der Waals surface area contributed by atoms with Crippen LogP contribution in [0.2, 0.25) is 0 Å². The first-order valence-corrected chi connectivity index (χ1v) is 9.58. The minimum absolute atomic E-state index is 0.0752. The van der Waals surface area contributed by atoms with E-state index < -0.39 is 9.84 Å². The minimum atomic E-state index is -3.86. The van der Waals surface area contributed by atoms with Gasteiger partial charge in [-0.2, -0.15) is 5.26 Å². The van der Waals surface area contributed by atoms with Crippen molar-refractivity contribution in [1.82, 2.24) is 0 Å². The van der Waals surface area contributed by atoms with Crippen LogP contribution in [0.4, 0.5) is 5.69 Å². The van der Waals surface area contributed by atoms with Crippen LogP contribution in [0.3, 0.4) is 0 Å². The molecular formula is C21H16N2O3S. The number of ether oxygens (including phenoxy) is 1. The summed E-state index contributed by atoms with van der Waals surface area (Å²) < 4.78 is 30.7. The van der Waals surface area contributed by atoms with E-state index in [1.54, 1.807) is 48.5 Å². The lowest BCUT2D eigenvalue weighted by Gasteiger charge is -2.07. The van der Waals surface area contributed by atoms with Gasteiger partial charge in [0.1, 0.15) is 17.6 Å². The van der Waals surface area contributed by atoms with E-state index in [2.05, 4.69) is 5.32 Å². The van der Waals surface area contributed by atoms with E-state index in [-0.39, 0.29) is 9.80 Å². The maximum atomic E-state index is 12.5. The lowest BCUT2D eigenvalue weighted by molar-refractivity contribution is 0.483. The predicted octanol–water partition coefficient (Wildman–Crippen LogP) is 4.73. The smallest absolute Gasteiger partial charge is 0.218 e. The van der Waals surface area contributed by atoms with Crippen LogP contribution in [0.25, 0.3) is 0 Å². The summed E-state index contributed by atoms with van der Waals surface area (Å²) >= 11 is 0. The summed E-state index contributed by atoms with van der Waals surface area (Å²) in [7, 11) is -3.86. The fourth-order valence-electron chi connectivity index (χ4n) is 2.29. The van der Waals surface area contributed by atoms with Crippen LogP contribution in [-0.4, -0.2) is 8.42 Å².